The third-order valence-electron chi connectivity index (χ3n) is 2.85. The third kappa shape index (κ3) is 2.19. The van der Waals surface area contributed by atoms with Crippen molar-refractivity contribution in [3.63, 3.8) is 0 Å². The topological polar surface area (TPSA) is 53.2 Å². The van der Waals surface area contributed by atoms with Crippen LogP contribution in [0.2, 0.25) is 0 Å². The standard InChI is InChI=1S/C11H13BrN2O2/c12-5-8-2-4-14(7-8)11(16)9-6-13-3-1-10(9)15/h1,3,6,8H,2,4-5,7H2,(H,13,15). The smallest absolute Gasteiger partial charge is 0.259 e. The summed E-state index contributed by atoms with van der Waals surface area (Å²) in [5.41, 5.74) is 0.0174. The van der Waals surface area contributed by atoms with Gasteiger partial charge in [-0.15, -0.1) is 0 Å². The van der Waals surface area contributed by atoms with Gasteiger partial charge in [0, 0.05) is 36.9 Å². The molecular weight excluding hydrogens is 272 g/mol. The summed E-state index contributed by atoms with van der Waals surface area (Å²) in [5, 5.41) is 0.905. The van der Waals surface area contributed by atoms with Gasteiger partial charge in [0.25, 0.3) is 5.91 Å². The second kappa shape index (κ2) is 4.82. The number of alkyl halides is 1. The van der Waals surface area contributed by atoms with Crippen molar-refractivity contribution in [3.8, 4) is 0 Å². The zero-order valence-electron chi connectivity index (χ0n) is 8.78. The predicted molar refractivity (Wildman–Crippen MR) is 64.9 cm³/mol. The molecule has 1 aliphatic heterocycles. The minimum atomic E-state index is -0.217. The molecule has 86 valence electrons. The number of likely N-dealkylation sites (tertiary alicyclic amines) is 1. The Balaban J connectivity index is 2.15. The molecule has 1 atom stereocenters. The maximum atomic E-state index is 12.0. The lowest BCUT2D eigenvalue weighted by Crippen LogP contribution is -2.32. The first-order valence-electron chi connectivity index (χ1n) is 5.24. The van der Waals surface area contributed by atoms with E-state index in [-0.39, 0.29) is 16.9 Å². The van der Waals surface area contributed by atoms with E-state index in [0.29, 0.717) is 5.92 Å². The van der Waals surface area contributed by atoms with Crippen LogP contribution in [0.4, 0.5) is 0 Å². The number of H-pyrrole nitrogens is 1. The number of hydrogen-bond acceptors (Lipinski definition) is 2. The van der Waals surface area contributed by atoms with Gasteiger partial charge in [0.1, 0.15) is 5.56 Å². The average Bonchev–Trinajstić information content (AvgIpc) is 2.77. The van der Waals surface area contributed by atoms with Crippen LogP contribution >= 0.6 is 15.9 Å². The second-order valence-electron chi connectivity index (χ2n) is 3.98. The van der Waals surface area contributed by atoms with Crippen molar-refractivity contribution in [3.05, 3.63) is 34.2 Å². The highest BCUT2D eigenvalue weighted by Gasteiger charge is 2.27. The molecule has 1 fully saturated rings. The van der Waals surface area contributed by atoms with Crippen LogP contribution in [0, 0.1) is 5.92 Å². The Morgan fingerprint density at radius 3 is 3.06 bits per heavy atom. The molecular formula is C11H13BrN2O2. The number of nitrogens with zero attached hydrogens (tertiary/aromatic N) is 1. The zero-order chi connectivity index (χ0) is 11.5. The number of carbonyl (C=O) groups is 1. The van der Waals surface area contributed by atoms with E-state index in [4.69, 9.17) is 0 Å². The molecule has 0 aromatic carbocycles. The summed E-state index contributed by atoms with van der Waals surface area (Å²) in [7, 11) is 0. The summed E-state index contributed by atoms with van der Waals surface area (Å²) in [6.07, 6.45) is 4.01. The Bertz CT molecular complexity index is 444. The van der Waals surface area contributed by atoms with Crippen molar-refractivity contribution in [2.24, 2.45) is 5.92 Å². The van der Waals surface area contributed by atoms with E-state index in [1.807, 2.05) is 0 Å². The summed E-state index contributed by atoms with van der Waals surface area (Å²) in [4.78, 5) is 28.0. The quantitative estimate of drug-likeness (QED) is 0.831. The van der Waals surface area contributed by atoms with E-state index in [1.54, 1.807) is 4.90 Å². The molecule has 1 aliphatic rings. The summed E-state index contributed by atoms with van der Waals surface area (Å²) < 4.78 is 0. The summed E-state index contributed by atoms with van der Waals surface area (Å²) in [6.45, 7) is 1.47. The highest BCUT2D eigenvalue weighted by atomic mass is 79.9. The lowest BCUT2D eigenvalue weighted by Gasteiger charge is -2.15. The maximum absolute atomic E-state index is 12.0. The first kappa shape index (κ1) is 11.4. The predicted octanol–water partition coefficient (Wildman–Crippen LogP) is 1.23. The number of pyridine rings is 1. The molecule has 16 heavy (non-hydrogen) atoms. The van der Waals surface area contributed by atoms with Crippen molar-refractivity contribution in [2.45, 2.75) is 6.42 Å². The second-order valence-corrected chi connectivity index (χ2v) is 4.63. The Hall–Kier alpha value is -1.10. The first-order valence-corrected chi connectivity index (χ1v) is 6.37. The van der Waals surface area contributed by atoms with Gasteiger partial charge >= 0.3 is 0 Å². The van der Waals surface area contributed by atoms with Gasteiger partial charge in [-0.1, -0.05) is 15.9 Å². The van der Waals surface area contributed by atoms with E-state index in [0.717, 1.165) is 24.8 Å². The fourth-order valence-corrected chi connectivity index (χ4v) is 2.43. The van der Waals surface area contributed by atoms with Crippen molar-refractivity contribution in [1.29, 1.82) is 0 Å². The van der Waals surface area contributed by atoms with E-state index >= 15 is 0 Å². The molecule has 1 unspecified atom stereocenters. The number of nitrogens with one attached hydrogen (secondary N) is 1. The number of rotatable bonds is 2. The largest absolute Gasteiger partial charge is 0.367 e. The van der Waals surface area contributed by atoms with Crippen LogP contribution in [0.1, 0.15) is 16.8 Å². The molecule has 1 aromatic rings. The van der Waals surface area contributed by atoms with E-state index in [2.05, 4.69) is 20.9 Å². The molecule has 5 heteroatoms. The van der Waals surface area contributed by atoms with Crippen molar-refractivity contribution in [1.82, 2.24) is 9.88 Å². The van der Waals surface area contributed by atoms with Gasteiger partial charge in [0.2, 0.25) is 0 Å². The lowest BCUT2D eigenvalue weighted by molar-refractivity contribution is 0.0787. The molecule has 1 amide bonds. The molecule has 1 saturated heterocycles. The van der Waals surface area contributed by atoms with Crippen LogP contribution in [-0.4, -0.2) is 34.2 Å². The number of halogens is 1. The monoisotopic (exact) mass is 284 g/mol. The summed E-state index contributed by atoms with van der Waals surface area (Å²) in [6, 6.07) is 1.38. The van der Waals surface area contributed by atoms with Gasteiger partial charge < -0.3 is 9.88 Å². The van der Waals surface area contributed by atoms with Crippen molar-refractivity contribution < 1.29 is 4.79 Å². The molecule has 1 aromatic heterocycles. The highest BCUT2D eigenvalue weighted by Crippen LogP contribution is 2.19. The van der Waals surface area contributed by atoms with E-state index < -0.39 is 0 Å². The Morgan fingerprint density at radius 1 is 1.62 bits per heavy atom. The minimum absolute atomic E-state index is 0.162. The van der Waals surface area contributed by atoms with Crippen molar-refractivity contribution >= 4 is 21.8 Å². The van der Waals surface area contributed by atoms with Crippen LogP contribution in [0.5, 0.6) is 0 Å². The number of amides is 1. The molecule has 2 heterocycles. The van der Waals surface area contributed by atoms with Crippen LogP contribution in [0.15, 0.2) is 23.3 Å². The molecule has 2 rings (SSSR count). The molecule has 4 nitrogen and oxygen atoms in total. The van der Waals surface area contributed by atoms with Gasteiger partial charge in [-0.3, -0.25) is 9.59 Å². The Kier molecular flexibility index (Phi) is 3.43. The fraction of sp³-hybridized carbons (Fsp3) is 0.455. The molecule has 0 spiro atoms. The average molecular weight is 285 g/mol. The van der Waals surface area contributed by atoms with Crippen LogP contribution in [0.25, 0.3) is 0 Å². The third-order valence-corrected chi connectivity index (χ3v) is 3.76. The zero-order valence-corrected chi connectivity index (χ0v) is 10.4. The highest BCUT2D eigenvalue weighted by molar-refractivity contribution is 9.09. The molecule has 0 bridgehead atoms. The lowest BCUT2D eigenvalue weighted by atomic mass is 10.2. The normalized spacial score (nSPS) is 20.1. The van der Waals surface area contributed by atoms with E-state index in [9.17, 15) is 9.59 Å². The molecule has 0 radical (unpaired) electrons. The number of aromatic amines is 1. The van der Waals surface area contributed by atoms with Gasteiger partial charge in [0.15, 0.2) is 5.43 Å². The van der Waals surface area contributed by atoms with Crippen LogP contribution in [-0.2, 0) is 0 Å². The molecule has 0 aliphatic carbocycles. The van der Waals surface area contributed by atoms with Gasteiger partial charge in [0.05, 0.1) is 0 Å². The van der Waals surface area contributed by atoms with Crippen LogP contribution in [0.3, 0.4) is 0 Å². The number of aromatic nitrogens is 1. The Morgan fingerprint density at radius 2 is 2.44 bits per heavy atom. The van der Waals surface area contributed by atoms with Gasteiger partial charge in [-0.2, -0.15) is 0 Å². The van der Waals surface area contributed by atoms with Gasteiger partial charge in [-0.05, 0) is 12.3 Å². The fourth-order valence-electron chi connectivity index (χ4n) is 1.90. The number of hydrogen-bond donors (Lipinski definition) is 1. The van der Waals surface area contributed by atoms with E-state index in [1.165, 1.54) is 18.5 Å². The number of carbonyl (C=O) groups excluding carboxylic acids is 1. The van der Waals surface area contributed by atoms with Gasteiger partial charge in [-0.25, -0.2) is 0 Å². The van der Waals surface area contributed by atoms with Crippen LogP contribution < -0.4 is 5.43 Å². The SMILES string of the molecule is O=C(c1c[nH]ccc1=O)N1CCC(CBr)C1. The maximum Gasteiger partial charge on any atom is 0.259 e. The molecule has 0 saturated carbocycles. The molecule has 1 N–H and O–H groups in total. The minimum Gasteiger partial charge on any atom is -0.367 e. The first-order chi connectivity index (χ1) is 7.72. The Labute approximate surface area is 102 Å². The summed E-state index contributed by atoms with van der Waals surface area (Å²) in [5.74, 6) is 0.344. The van der Waals surface area contributed by atoms with Crippen molar-refractivity contribution in [2.75, 3.05) is 18.4 Å². The summed E-state index contributed by atoms with van der Waals surface area (Å²) >= 11 is 3.42.